The zero-order valence-corrected chi connectivity index (χ0v) is 8.32. The third-order valence-corrected chi connectivity index (χ3v) is 2.14. The average Bonchev–Trinajstić information content (AvgIpc) is 3.00. The first-order chi connectivity index (χ1) is 7.16. The Morgan fingerprint density at radius 1 is 1.47 bits per heavy atom. The zero-order chi connectivity index (χ0) is 10.8. The van der Waals surface area contributed by atoms with Crippen molar-refractivity contribution in [3.63, 3.8) is 0 Å². The van der Waals surface area contributed by atoms with Crippen LogP contribution in [-0.4, -0.2) is 18.4 Å². The van der Waals surface area contributed by atoms with Crippen LogP contribution in [0.4, 0.5) is 0 Å². The van der Waals surface area contributed by atoms with Gasteiger partial charge < -0.3 is 4.74 Å². The molecule has 0 saturated carbocycles. The Morgan fingerprint density at radius 2 is 2.20 bits per heavy atom. The van der Waals surface area contributed by atoms with E-state index in [0.29, 0.717) is 12.2 Å². The third-order valence-electron chi connectivity index (χ3n) is 2.14. The molecule has 1 aliphatic heterocycles. The molecule has 0 aromatic heterocycles. The van der Waals surface area contributed by atoms with Gasteiger partial charge in [0.05, 0.1) is 6.61 Å². The summed E-state index contributed by atoms with van der Waals surface area (Å²) in [5.74, 6) is -0.724. The number of carbonyl (C=O) groups excluding carboxylic acids is 2. The van der Waals surface area contributed by atoms with Crippen molar-refractivity contribution < 1.29 is 14.3 Å². The van der Waals surface area contributed by atoms with Crippen LogP contribution in [0.1, 0.15) is 28.9 Å². The minimum absolute atomic E-state index is 0.120. The Kier molecular flexibility index (Phi) is 2.51. The van der Waals surface area contributed by atoms with Crippen molar-refractivity contribution in [3.05, 3.63) is 35.4 Å². The highest BCUT2D eigenvalue weighted by Gasteiger charge is 2.25. The molecule has 1 saturated heterocycles. The van der Waals surface area contributed by atoms with Crippen LogP contribution in [0.2, 0.25) is 0 Å². The van der Waals surface area contributed by atoms with E-state index in [2.05, 4.69) is 5.32 Å². The molecule has 1 aliphatic rings. The molecule has 1 aromatic rings. The third kappa shape index (κ3) is 2.41. The second kappa shape index (κ2) is 3.82. The van der Waals surface area contributed by atoms with Crippen LogP contribution >= 0.6 is 0 Å². The Labute approximate surface area is 87.2 Å². The second-order valence-corrected chi connectivity index (χ2v) is 3.46. The molecule has 2 amide bonds. The molecule has 4 heteroatoms. The number of epoxide rings is 1. The summed E-state index contributed by atoms with van der Waals surface area (Å²) in [6.45, 7) is 2.02. The number of carbonyl (C=O) groups is 2. The van der Waals surface area contributed by atoms with E-state index in [1.54, 1.807) is 18.2 Å². The Morgan fingerprint density at radius 3 is 2.80 bits per heavy atom. The molecule has 15 heavy (non-hydrogen) atoms. The summed E-state index contributed by atoms with van der Waals surface area (Å²) in [6.07, 6.45) is 0.120. The maximum Gasteiger partial charge on any atom is 0.257 e. The molecule has 78 valence electrons. The van der Waals surface area contributed by atoms with Gasteiger partial charge in [-0.3, -0.25) is 14.9 Å². The fourth-order valence-corrected chi connectivity index (χ4v) is 1.35. The smallest absolute Gasteiger partial charge is 0.257 e. The number of rotatable bonds is 2. The van der Waals surface area contributed by atoms with E-state index in [-0.39, 0.29) is 17.9 Å². The molecule has 1 unspecified atom stereocenters. The minimum Gasteiger partial charge on any atom is -0.368 e. The molecule has 1 heterocycles. The molecule has 0 bridgehead atoms. The van der Waals surface area contributed by atoms with Crippen LogP contribution in [-0.2, 0) is 9.53 Å². The molecule has 2 rings (SSSR count). The highest BCUT2D eigenvalue weighted by molar-refractivity contribution is 6.04. The van der Waals surface area contributed by atoms with Gasteiger partial charge in [-0.25, -0.2) is 0 Å². The van der Waals surface area contributed by atoms with Crippen molar-refractivity contribution in [1.29, 1.82) is 0 Å². The summed E-state index contributed by atoms with van der Waals surface area (Å²) in [5.41, 5.74) is 1.46. The maximum atomic E-state index is 11.5. The van der Waals surface area contributed by atoms with E-state index in [1.165, 1.54) is 6.92 Å². The molecule has 0 spiro atoms. The maximum absolute atomic E-state index is 11.5. The highest BCUT2D eigenvalue weighted by Crippen LogP contribution is 2.29. The normalized spacial score (nSPS) is 18.3. The van der Waals surface area contributed by atoms with Gasteiger partial charge in [-0.05, 0) is 17.7 Å². The standard InChI is InChI=1S/C11H11NO3/c1-7(13)12-11(14)9-4-2-3-8(5-9)10-6-15-10/h2-5,10H,6H2,1H3,(H,12,13,14). The molecule has 1 fully saturated rings. The Bertz CT molecular complexity index is 410. The second-order valence-electron chi connectivity index (χ2n) is 3.46. The molecule has 1 N–H and O–H groups in total. The van der Waals surface area contributed by atoms with Crippen LogP contribution in [0.15, 0.2) is 24.3 Å². The Balaban J connectivity index is 2.16. The van der Waals surface area contributed by atoms with Crippen molar-refractivity contribution in [2.24, 2.45) is 0 Å². The van der Waals surface area contributed by atoms with E-state index in [0.717, 1.165) is 5.56 Å². The zero-order valence-electron chi connectivity index (χ0n) is 8.32. The first-order valence-corrected chi connectivity index (χ1v) is 4.70. The van der Waals surface area contributed by atoms with Gasteiger partial charge in [0.2, 0.25) is 5.91 Å². The lowest BCUT2D eigenvalue weighted by atomic mass is 10.1. The molecule has 0 aliphatic carbocycles. The predicted octanol–water partition coefficient (Wildman–Crippen LogP) is 1.03. The summed E-state index contributed by atoms with van der Waals surface area (Å²) in [4.78, 5) is 22.2. The van der Waals surface area contributed by atoms with Gasteiger partial charge >= 0.3 is 0 Å². The van der Waals surface area contributed by atoms with E-state index in [9.17, 15) is 9.59 Å². The molecule has 0 radical (unpaired) electrons. The van der Waals surface area contributed by atoms with Crippen molar-refractivity contribution >= 4 is 11.8 Å². The summed E-state index contributed by atoms with van der Waals surface area (Å²) in [7, 11) is 0. The monoisotopic (exact) mass is 205 g/mol. The van der Waals surface area contributed by atoms with Crippen LogP contribution < -0.4 is 5.32 Å². The lowest BCUT2D eigenvalue weighted by molar-refractivity contribution is -0.118. The number of hydrogen-bond acceptors (Lipinski definition) is 3. The van der Waals surface area contributed by atoms with Crippen LogP contribution in [0.5, 0.6) is 0 Å². The summed E-state index contributed by atoms with van der Waals surface area (Å²) in [6, 6.07) is 7.11. The topological polar surface area (TPSA) is 58.7 Å². The molecule has 4 nitrogen and oxygen atoms in total. The molecular formula is C11H11NO3. The van der Waals surface area contributed by atoms with Crippen LogP contribution in [0.25, 0.3) is 0 Å². The fourth-order valence-electron chi connectivity index (χ4n) is 1.35. The molecular weight excluding hydrogens is 194 g/mol. The number of benzene rings is 1. The number of nitrogens with one attached hydrogen (secondary N) is 1. The van der Waals surface area contributed by atoms with E-state index >= 15 is 0 Å². The minimum atomic E-state index is -0.370. The summed E-state index contributed by atoms with van der Waals surface area (Å²) >= 11 is 0. The SMILES string of the molecule is CC(=O)NC(=O)c1cccc(C2CO2)c1. The van der Waals surface area contributed by atoms with Crippen LogP contribution in [0, 0.1) is 0 Å². The molecule has 1 atom stereocenters. The van der Waals surface area contributed by atoms with Gasteiger partial charge in [0.1, 0.15) is 6.10 Å². The van der Waals surface area contributed by atoms with Gasteiger partial charge in [0.25, 0.3) is 5.91 Å². The molecule has 1 aromatic carbocycles. The lowest BCUT2D eigenvalue weighted by Gasteiger charge is -2.02. The average molecular weight is 205 g/mol. The largest absolute Gasteiger partial charge is 0.368 e. The van der Waals surface area contributed by atoms with Gasteiger partial charge in [-0.2, -0.15) is 0 Å². The van der Waals surface area contributed by atoms with Gasteiger partial charge in [0.15, 0.2) is 0 Å². The van der Waals surface area contributed by atoms with Crippen molar-refractivity contribution in [1.82, 2.24) is 5.32 Å². The fraction of sp³-hybridized carbons (Fsp3) is 0.273. The lowest BCUT2D eigenvalue weighted by Crippen LogP contribution is -2.27. The number of ether oxygens (including phenoxy) is 1. The van der Waals surface area contributed by atoms with Gasteiger partial charge in [-0.15, -0.1) is 0 Å². The van der Waals surface area contributed by atoms with Crippen molar-refractivity contribution in [2.45, 2.75) is 13.0 Å². The number of amides is 2. The van der Waals surface area contributed by atoms with E-state index in [4.69, 9.17) is 4.74 Å². The quantitative estimate of drug-likeness (QED) is 0.734. The van der Waals surface area contributed by atoms with E-state index in [1.807, 2.05) is 6.07 Å². The van der Waals surface area contributed by atoms with E-state index < -0.39 is 0 Å². The van der Waals surface area contributed by atoms with Crippen molar-refractivity contribution in [2.75, 3.05) is 6.61 Å². The first-order valence-electron chi connectivity index (χ1n) is 4.70. The number of imide groups is 1. The summed E-state index contributed by atoms with van der Waals surface area (Å²) in [5, 5.41) is 2.23. The van der Waals surface area contributed by atoms with Gasteiger partial charge in [0, 0.05) is 12.5 Å². The Hall–Kier alpha value is -1.68. The highest BCUT2D eigenvalue weighted by atomic mass is 16.6. The number of hydrogen-bond donors (Lipinski definition) is 1. The first kappa shape index (κ1) is 9.86. The summed E-state index contributed by atoms with van der Waals surface area (Å²) < 4.78 is 5.11. The predicted molar refractivity (Wildman–Crippen MR) is 53.3 cm³/mol. The van der Waals surface area contributed by atoms with Crippen LogP contribution in [0.3, 0.4) is 0 Å². The van der Waals surface area contributed by atoms with Crippen molar-refractivity contribution in [3.8, 4) is 0 Å². The van der Waals surface area contributed by atoms with Gasteiger partial charge in [-0.1, -0.05) is 12.1 Å².